The Morgan fingerprint density at radius 2 is 2.10 bits per heavy atom. The third-order valence-corrected chi connectivity index (χ3v) is 2.83. The highest BCUT2D eigenvalue weighted by atomic mass is 19.1. The second kappa shape index (κ2) is 6.64. The molecular weight excluding hydrogens is 271 g/mol. The number of aliphatic hydroxyl groups excluding tert-OH is 1. The van der Waals surface area contributed by atoms with Crippen LogP contribution >= 0.6 is 0 Å². The molecule has 0 aliphatic carbocycles. The molecule has 106 valence electrons. The number of rotatable bonds is 2. The molecule has 0 bridgehead atoms. The maximum Gasteiger partial charge on any atom is 0.277 e. The molecule has 1 aromatic carbocycles. The van der Waals surface area contributed by atoms with Gasteiger partial charge in [0.25, 0.3) is 5.91 Å². The Balaban J connectivity index is 2.39. The van der Waals surface area contributed by atoms with E-state index in [1.165, 1.54) is 30.3 Å². The van der Waals surface area contributed by atoms with Crippen molar-refractivity contribution >= 4 is 11.6 Å². The SMILES string of the molecule is CN(C(=O)c1ncccc1C#CCO)c1ccccc1F. The van der Waals surface area contributed by atoms with Crippen LogP contribution in [0.15, 0.2) is 42.6 Å². The van der Waals surface area contributed by atoms with Gasteiger partial charge in [0, 0.05) is 13.2 Å². The monoisotopic (exact) mass is 284 g/mol. The van der Waals surface area contributed by atoms with Crippen molar-refractivity contribution in [3.05, 3.63) is 59.7 Å². The second-order valence-corrected chi connectivity index (χ2v) is 4.18. The van der Waals surface area contributed by atoms with Gasteiger partial charge in [-0.25, -0.2) is 9.37 Å². The Hall–Kier alpha value is -2.71. The molecule has 1 aromatic heterocycles. The lowest BCUT2D eigenvalue weighted by Gasteiger charge is -2.18. The predicted molar refractivity (Wildman–Crippen MR) is 77.3 cm³/mol. The van der Waals surface area contributed by atoms with Gasteiger partial charge in [-0.2, -0.15) is 0 Å². The van der Waals surface area contributed by atoms with Crippen LogP contribution in [0.5, 0.6) is 0 Å². The largest absolute Gasteiger partial charge is 0.384 e. The zero-order valence-corrected chi connectivity index (χ0v) is 11.4. The Morgan fingerprint density at radius 1 is 1.33 bits per heavy atom. The number of nitrogens with zero attached hydrogens (tertiary/aromatic N) is 2. The molecule has 0 fully saturated rings. The summed E-state index contributed by atoms with van der Waals surface area (Å²) in [7, 11) is 1.47. The number of amides is 1. The summed E-state index contributed by atoms with van der Waals surface area (Å²) >= 11 is 0. The van der Waals surface area contributed by atoms with Gasteiger partial charge in [-0.1, -0.05) is 24.0 Å². The van der Waals surface area contributed by atoms with Crippen LogP contribution in [0.1, 0.15) is 16.1 Å². The third-order valence-electron chi connectivity index (χ3n) is 2.83. The number of pyridine rings is 1. The Morgan fingerprint density at radius 3 is 2.81 bits per heavy atom. The van der Waals surface area contributed by atoms with Crippen LogP contribution in [0.3, 0.4) is 0 Å². The van der Waals surface area contributed by atoms with E-state index in [0.29, 0.717) is 5.56 Å². The lowest BCUT2D eigenvalue weighted by atomic mass is 10.1. The third kappa shape index (κ3) is 3.25. The average molecular weight is 284 g/mol. The normalized spacial score (nSPS) is 9.67. The molecule has 0 unspecified atom stereocenters. The summed E-state index contributed by atoms with van der Waals surface area (Å²) in [5.74, 6) is 4.17. The highest BCUT2D eigenvalue weighted by Crippen LogP contribution is 2.19. The standard InChI is InChI=1S/C16H13FN2O2/c1-19(14-9-3-2-8-13(14)17)16(21)15-12(7-5-11-20)6-4-10-18-15/h2-4,6,8-10,20H,11H2,1H3. The van der Waals surface area contributed by atoms with E-state index >= 15 is 0 Å². The number of anilines is 1. The number of aliphatic hydroxyl groups is 1. The quantitative estimate of drug-likeness (QED) is 0.856. The van der Waals surface area contributed by atoms with Crippen LogP contribution in [-0.4, -0.2) is 29.7 Å². The topological polar surface area (TPSA) is 53.4 Å². The van der Waals surface area contributed by atoms with E-state index in [9.17, 15) is 9.18 Å². The van der Waals surface area contributed by atoms with Gasteiger partial charge < -0.3 is 10.0 Å². The summed E-state index contributed by atoms with van der Waals surface area (Å²) in [5, 5.41) is 8.74. The van der Waals surface area contributed by atoms with Crippen LogP contribution < -0.4 is 4.90 Å². The number of para-hydroxylation sites is 1. The van der Waals surface area contributed by atoms with Gasteiger partial charge in [-0.05, 0) is 24.3 Å². The summed E-state index contributed by atoms with van der Waals surface area (Å²) in [6.07, 6.45) is 1.46. The Kier molecular flexibility index (Phi) is 4.64. The van der Waals surface area contributed by atoms with Crippen LogP contribution in [-0.2, 0) is 0 Å². The maximum atomic E-state index is 13.7. The van der Waals surface area contributed by atoms with Crippen LogP contribution in [0.4, 0.5) is 10.1 Å². The minimum absolute atomic E-state index is 0.115. The first-order valence-corrected chi connectivity index (χ1v) is 6.22. The van der Waals surface area contributed by atoms with Crippen molar-refractivity contribution in [3.63, 3.8) is 0 Å². The molecule has 0 spiro atoms. The van der Waals surface area contributed by atoms with Crippen molar-refractivity contribution in [2.75, 3.05) is 18.6 Å². The van der Waals surface area contributed by atoms with E-state index in [2.05, 4.69) is 16.8 Å². The predicted octanol–water partition coefficient (Wildman–Crippen LogP) is 1.84. The second-order valence-electron chi connectivity index (χ2n) is 4.18. The first-order valence-electron chi connectivity index (χ1n) is 6.22. The average Bonchev–Trinajstić information content (AvgIpc) is 2.52. The summed E-state index contributed by atoms with van der Waals surface area (Å²) < 4.78 is 13.7. The van der Waals surface area contributed by atoms with E-state index in [1.807, 2.05) is 0 Å². The van der Waals surface area contributed by atoms with Gasteiger partial charge in [-0.3, -0.25) is 4.79 Å². The molecule has 5 heteroatoms. The van der Waals surface area contributed by atoms with E-state index in [0.717, 1.165) is 0 Å². The molecule has 0 saturated carbocycles. The minimum atomic E-state index is -0.493. The number of carbonyl (C=O) groups excluding carboxylic acids is 1. The molecular formula is C16H13FN2O2. The molecule has 0 atom stereocenters. The first-order chi connectivity index (χ1) is 10.1. The highest BCUT2D eigenvalue weighted by Gasteiger charge is 2.19. The summed E-state index contributed by atoms with van der Waals surface area (Å²) in [6.45, 7) is -0.314. The number of aromatic nitrogens is 1. The van der Waals surface area contributed by atoms with Gasteiger partial charge in [0.1, 0.15) is 18.1 Å². The Bertz CT molecular complexity index is 719. The van der Waals surface area contributed by atoms with Crippen LogP contribution in [0, 0.1) is 17.7 Å². The lowest BCUT2D eigenvalue weighted by molar-refractivity contribution is 0.0987. The van der Waals surface area contributed by atoms with Gasteiger partial charge in [0.15, 0.2) is 0 Å². The number of halogens is 1. The summed E-state index contributed by atoms with van der Waals surface area (Å²) in [5.41, 5.74) is 0.665. The number of benzene rings is 1. The maximum absolute atomic E-state index is 13.7. The molecule has 0 radical (unpaired) electrons. The fourth-order valence-electron chi connectivity index (χ4n) is 1.80. The molecule has 1 heterocycles. The van der Waals surface area contributed by atoms with Crippen molar-refractivity contribution in [1.82, 2.24) is 4.98 Å². The molecule has 1 amide bonds. The molecule has 1 N–H and O–H groups in total. The van der Waals surface area contributed by atoms with Crippen molar-refractivity contribution in [2.24, 2.45) is 0 Å². The summed E-state index contributed by atoms with van der Waals surface area (Å²) in [6, 6.07) is 9.25. The molecule has 21 heavy (non-hydrogen) atoms. The van der Waals surface area contributed by atoms with Crippen molar-refractivity contribution in [2.45, 2.75) is 0 Å². The summed E-state index contributed by atoms with van der Waals surface area (Å²) in [4.78, 5) is 17.6. The fourth-order valence-corrected chi connectivity index (χ4v) is 1.80. The van der Waals surface area contributed by atoms with Crippen molar-refractivity contribution < 1.29 is 14.3 Å². The van der Waals surface area contributed by atoms with Crippen molar-refractivity contribution in [1.29, 1.82) is 0 Å². The minimum Gasteiger partial charge on any atom is -0.384 e. The van der Waals surface area contributed by atoms with Crippen molar-refractivity contribution in [3.8, 4) is 11.8 Å². The van der Waals surface area contributed by atoms with Gasteiger partial charge >= 0.3 is 0 Å². The number of hydrogen-bond donors (Lipinski definition) is 1. The molecule has 0 aliphatic rings. The van der Waals surface area contributed by atoms with E-state index < -0.39 is 11.7 Å². The number of hydrogen-bond acceptors (Lipinski definition) is 3. The van der Waals surface area contributed by atoms with E-state index in [1.54, 1.807) is 24.3 Å². The highest BCUT2D eigenvalue weighted by molar-refractivity contribution is 6.06. The van der Waals surface area contributed by atoms with Crippen LogP contribution in [0.2, 0.25) is 0 Å². The first kappa shape index (κ1) is 14.7. The lowest BCUT2D eigenvalue weighted by Crippen LogP contribution is -2.28. The van der Waals surface area contributed by atoms with Gasteiger partial charge in [0.2, 0.25) is 0 Å². The number of carbonyl (C=O) groups is 1. The molecule has 2 aromatic rings. The fraction of sp³-hybridized carbons (Fsp3) is 0.125. The van der Waals surface area contributed by atoms with Gasteiger partial charge in [-0.15, -0.1) is 0 Å². The Labute approximate surface area is 121 Å². The smallest absolute Gasteiger partial charge is 0.277 e. The molecule has 4 nitrogen and oxygen atoms in total. The van der Waals surface area contributed by atoms with E-state index in [-0.39, 0.29) is 18.0 Å². The zero-order chi connectivity index (χ0) is 15.2. The van der Waals surface area contributed by atoms with E-state index in [4.69, 9.17) is 5.11 Å². The van der Waals surface area contributed by atoms with Crippen LogP contribution in [0.25, 0.3) is 0 Å². The molecule has 0 saturated heterocycles. The molecule has 0 aliphatic heterocycles. The van der Waals surface area contributed by atoms with Gasteiger partial charge in [0.05, 0.1) is 11.3 Å². The zero-order valence-electron chi connectivity index (χ0n) is 11.4. The molecule has 2 rings (SSSR count).